The number of ketones is 1. The number of hydrogen-bond acceptors (Lipinski definition) is 3. The van der Waals surface area contributed by atoms with Crippen molar-refractivity contribution in [2.24, 2.45) is 0 Å². The van der Waals surface area contributed by atoms with Crippen LogP contribution in [0.2, 0.25) is 0 Å². The van der Waals surface area contributed by atoms with E-state index in [0.717, 1.165) is 4.47 Å². The Kier molecular flexibility index (Phi) is 4.24. The minimum atomic E-state index is -0.474. The topological polar surface area (TPSA) is 64.1 Å². The number of nitrogens with zero attached hydrogens (tertiary/aromatic N) is 2. The first-order valence-electron chi connectivity index (χ1n) is 5.90. The van der Waals surface area contributed by atoms with Gasteiger partial charge in [0.1, 0.15) is 0 Å². The molecule has 0 aliphatic rings. The third-order valence-corrected chi connectivity index (χ3v) is 3.35. The van der Waals surface area contributed by atoms with Crippen molar-refractivity contribution in [3.63, 3.8) is 0 Å². The zero-order chi connectivity index (χ0) is 14.7. The van der Waals surface area contributed by atoms with Crippen LogP contribution in [0.25, 0.3) is 0 Å². The largest absolute Gasteiger partial charge is 0.287 e. The van der Waals surface area contributed by atoms with E-state index < -0.39 is 4.92 Å². The van der Waals surface area contributed by atoms with Gasteiger partial charge in [-0.3, -0.25) is 14.9 Å². The smallest absolute Gasteiger partial charge is 0.273 e. The van der Waals surface area contributed by atoms with E-state index in [1.165, 1.54) is 6.07 Å². The Morgan fingerprint density at radius 3 is 2.80 bits per heavy atom. The van der Waals surface area contributed by atoms with Gasteiger partial charge in [-0.15, -0.1) is 0 Å². The molecule has 1 aromatic heterocycles. The molecule has 0 saturated carbocycles. The van der Waals surface area contributed by atoms with Crippen LogP contribution >= 0.6 is 15.9 Å². The van der Waals surface area contributed by atoms with Crippen molar-refractivity contribution in [3.05, 3.63) is 68.4 Å². The first kappa shape index (κ1) is 14.3. The number of nitro benzene ring substituents is 1. The van der Waals surface area contributed by atoms with Crippen LogP contribution < -0.4 is 4.57 Å². The van der Waals surface area contributed by atoms with Crippen LogP contribution in [-0.2, 0) is 6.54 Å². The summed E-state index contributed by atoms with van der Waals surface area (Å²) in [7, 11) is 0. The third-order valence-electron chi connectivity index (χ3n) is 2.88. The third kappa shape index (κ3) is 3.27. The summed E-state index contributed by atoms with van der Waals surface area (Å²) in [5.74, 6) is -0.170. The van der Waals surface area contributed by atoms with Crippen LogP contribution in [0.1, 0.15) is 15.9 Å². The molecule has 2 rings (SSSR count). The van der Waals surface area contributed by atoms with Crippen molar-refractivity contribution in [3.8, 4) is 0 Å². The Balaban J connectivity index is 2.26. The van der Waals surface area contributed by atoms with Gasteiger partial charge in [0.2, 0.25) is 12.3 Å². The highest BCUT2D eigenvalue weighted by Gasteiger charge is 2.17. The van der Waals surface area contributed by atoms with Crippen molar-refractivity contribution < 1.29 is 14.3 Å². The van der Waals surface area contributed by atoms with E-state index in [0.29, 0.717) is 11.1 Å². The van der Waals surface area contributed by atoms with E-state index in [1.54, 1.807) is 36.0 Å². The highest BCUT2D eigenvalue weighted by Crippen LogP contribution is 2.19. The van der Waals surface area contributed by atoms with E-state index in [1.807, 2.05) is 12.1 Å². The van der Waals surface area contributed by atoms with Gasteiger partial charge in [-0.1, -0.05) is 12.1 Å². The molecule has 5 nitrogen and oxygen atoms in total. The fraction of sp³-hybridized carbons (Fsp3) is 0.143. The molecule has 0 spiro atoms. The van der Waals surface area contributed by atoms with Gasteiger partial charge >= 0.3 is 0 Å². The van der Waals surface area contributed by atoms with Crippen LogP contribution in [-0.4, -0.2) is 10.7 Å². The molecule has 0 radical (unpaired) electrons. The molecular weight excluding hydrogens is 324 g/mol. The second-order valence-electron chi connectivity index (χ2n) is 4.38. The summed E-state index contributed by atoms with van der Waals surface area (Å²) in [6.07, 6.45) is 3.55. The van der Waals surface area contributed by atoms with Crippen molar-refractivity contribution in [1.29, 1.82) is 0 Å². The first-order valence-corrected chi connectivity index (χ1v) is 6.69. The number of carbonyl (C=O) groups is 1. The number of hydrogen-bond donors (Lipinski definition) is 0. The number of pyridine rings is 1. The molecule has 0 fully saturated rings. The Hall–Kier alpha value is -2.08. The summed E-state index contributed by atoms with van der Waals surface area (Å²) in [4.78, 5) is 22.6. The number of aryl methyl sites for hydroxylation is 1. The Morgan fingerprint density at radius 1 is 1.40 bits per heavy atom. The maximum absolute atomic E-state index is 12.2. The molecule has 0 N–H and O–H groups in total. The molecule has 6 heteroatoms. The summed E-state index contributed by atoms with van der Waals surface area (Å²) < 4.78 is 2.58. The van der Waals surface area contributed by atoms with E-state index >= 15 is 0 Å². The molecule has 0 aliphatic carbocycles. The zero-order valence-electron chi connectivity index (χ0n) is 10.7. The molecule has 0 saturated heterocycles. The van der Waals surface area contributed by atoms with Gasteiger partial charge in [-0.2, -0.15) is 4.57 Å². The average Bonchev–Trinajstić information content (AvgIpc) is 2.38. The lowest BCUT2D eigenvalue weighted by molar-refractivity contribution is -0.683. The Labute approximate surface area is 124 Å². The zero-order valence-corrected chi connectivity index (χ0v) is 12.3. The maximum Gasteiger partial charge on any atom is 0.273 e. The van der Waals surface area contributed by atoms with Gasteiger partial charge in [0, 0.05) is 23.3 Å². The first-order chi connectivity index (χ1) is 9.47. The molecule has 1 heterocycles. The van der Waals surface area contributed by atoms with Gasteiger partial charge in [0.05, 0.1) is 9.40 Å². The number of Topliss-reactive ketones (excluding diaryl/α,β-unsaturated/α-hetero) is 1. The van der Waals surface area contributed by atoms with Crippen molar-refractivity contribution in [1.82, 2.24) is 0 Å². The number of rotatable bonds is 4. The number of halogens is 1. The second-order valence-corrected chi connectivity index (χ2v) is 5.29. The summed E-state index contributed by atoms with van der Waals surface area (Å²) in [6.45, 7) is 1.79. The van der Waals surface area contributed by atoms with Crippen molar-refractivity contribution in [2.45, 2.75) is 13.5 Å². The lowest BCUT2D eigenvalue weighted by Crippen LogP contribution is -2.37. The number of nitro groups is 1. The quantitative estimate of drug-likeness (QED) is 0.373. The lowest BCUT2D eigenvalue weighted by Gasteiger charge is -2.01. The average molecular weight is 336 g/mol. The van der Waals surface area contributed by atoms with E-state index in [9.17, 15) is 14.9 Å². The molecule has 0 atom stereocenters. The minimum Gasteiger partial charge on any atom is -0.287 e. The fourth-order valence-electron chi connectivity index (χ4n) is 1.82. The predicted octanol–water partition coefficient (Wildman–Crippen LogP) is 2.84. The molecule has 0 aliphatic heterocycles. The molecule has 0 bridgehead atoms. The summed E-state index contributed by atoms with van der Waals surface area (Å²) >= 11 is 3.33. The van der Waals surface area contributed by atoms with Crippen molar-refractivity contribution in [2.75, 3.05) is 0 Å². The molecule has 1 aromatic carbocycles. The maximum atomic E-state index is 12.2. The summed E-state index contributed by atoms with van der Waals surface area (Å²) in [6, 6.07) is 8.21. The lowest BCUT2D eigenvalue weighted by atomic mass is 10.1. The molecular formula is C14H12BrN2O3+. The SMILES string of the molecule is Cc1ccc(C(=O)C[n+]2cccc(Br)c2)cc1[N+](=O)[O-]. The fourth-order valence-corrected chi connectivity index (χ4v) is 2.24. The normalized spacial score (nSPS) is 10.3. The number of benzene rings is 1. The van der Waals surface area contributed by atoms with Crippen molar-refractivity contribution >= 4 is 27.4 Å². The van der Waals surface area contributed by atoms with Gasteiger partial charge in [-0.05, 0) is 28.9 Å². The molecule has 20 heavy (non-hydrogen) atoms. The van der Waals surface area contributed by atoms with E-state index in [2.05, 4.69) is 15.9 Å². The van der Waals surface area contributed by atoms with Crippen LogP contribution in [0, 0.1) is 17.0 Å². The minimum absolute atomic E-state index is 0.0323. The highest BCUT2D eigenvalue weighted by atomic mass is 79.9. The Morgan fingerprint density at radius 2 is 2.15 bits per heavy atom. The summed E-state index contributed by atoms with van der Waals surface area (Å²) in [5, 5.41) is 10.9. The molecule has 2 aromatic rings. The van der Waals surface area contributed by atoms with Crippen LogP contribution in [0.5, 0.6) is 0 Å². The van der Waals surface area contributed by atoms with Gasteiger partial charge in [0.15, 0.2) is 12.4 Å². The molecule has 0 unspecified atom stereocenters. The van der Waals surface area contributed by atoms with Gasteiger partial charge in [-0.25, -0.2) is 0 Å². The molecule has 102 valence electrons. The predicted molar refractivity (Wildman–Crippen MR) is 76.5 cm³/mol. The Bertz CT molecular complexity index is 686. The number of aromatic nitrogens is 1. The van der Waals surface area contributed by atoms with E-state index in [4.69, 9.17) is 0 Å². The van der Waals surface area contributed by atoms with Gasteiger partial charge in [0.25, 0.3) is 5.69 Å². The number of carbonyl (C=O) groups excluding carboxylic acids is 1. The van der Waals surface area contributed by atoms with Crippen LogP contribution in [0.15, 0.2) is 47.2 Å². The monoisotopic (exact) mass is 335 g/mol. The van der Waals surface area contributed by atoms with E-state index in [-0.39, 0.29) is 18.0 Å². The second kappa shape index (κ2) is 5.92. The molecule has 0 amide bonds. The van der Waals surface area contributed by atoms with Gasteiger partial charge < -0.3 is 0 Å². The van der Waals surface area contributed by atoms with Crippen LogP contribution in [0.4, 0.5) is 5.69 Å². The van der Waals surface area contributed by atoms with Crippen LogP contribution in [0.3, 0.4) is 0 Å². The highest BCUT2D eigenvalue weighted by molar-refractivity contribution is 9.10. The standard InChI is InChI=1S/C14H12BrN2O3/c1-10-4-5-11(7-13(10)17(19)20)14(18)9-16-6-2-3-12(15)8-16/h2-8H,9H2,1H3/q+1. The summed E-state index contributed by atoms with van der Waals surface area (Å²) in [5.41, 5.74) is 0.853.